The number of hydrogen-bond donors (Lipinski definition) is 0. The van der Waals surface area contributed by atoms with E-state index in [0.29, 0.717) is 11.3 Å². The van der Waals surface area contributed by atoms with Crippen LogP contribution < -0.4 is 0 Å². The first-order valence-corrected chi connectivity index (χ1v) is 6.24. The molecule has 0 fully saturated rings. The molecule has 18 heavy (non-hydrogen) atoms. The smallest absolute Gasteiger partial charge is 0.136 e. The monoisotopic (exact) mass is 261 g/mol. The molecule has 2 aromatic carbocycles. The van der Waals surface area contributed by atoms with Gasteiger partial charge in [0, 0.05) is 10.6 Å². The Morgan fingerprint density at radius 1 is 1.11 bits per heavy atom. The van der Waals surface area contributed by atoms with E-state index in [9.17, 15) is 8.78 Å². The standard InChI is InChI=1S/C14H9F2NS/c15-12-4-5-13(16)14(7-12)18-9-11-3-1-2-10(6-11)8-17/h1-7H,9H2. The van der Waals surface area contributed by atoms with Gasteiger partial charge in [0.1, 0.15) is 11.6 Å². The summed E-state index contributed by atoms with van der Waals surface area (Å²) in [6, 6.07) is 12.5. The number of halogens is 2. The molecule has 2 rings (SSSR count). The van der Waals surface area contributed by atoms with Crippen LogP contribution in [0.3, 0.4) is 0 Å². The van der Waals surface area contributed by atoms with Crippen LogP contribution >= 0.6 is 11.8 Å². The Bertz CT molecular complexity index is 605. The number of hydrogen-bond acceptors (Lipinski definition) is 2. The highest BCUT2D eigenvalue weighted by atomic mass is 32.2. The Labute approximate surface area is 108 Å². The van der Waals surface area contributed by atoms with Gasteiger partial charge in [-0.15, -0.1) is 11.8 Å². The third-order valence-corrected chi connectivity index (χ3v) is 3.45. The van der Waals surface area contributed by atoms with Gasteiger partial charge in [0.05, 0.1) is 11.6 Å². The van der Waals surface area contributed by atoms with Gasteiger partial charge in [0.2, 0.25) is 0 Å². The maximum absolute atomic E-state index is 13.4. The fourth-order valence-electron chi connectivity index (χ4n) is 1.48. The van der Waals surface area contributed by atoms with Crippen LogP contribution in [0.25, 0.3) is 0 Å². The first-order chi connectivity index (χ1) is 8.69. The highest BCUT2D eigenvalue weighted by molar-refractivity contribution is 7.98. The molecular weight excluding hydrogens is 252 g/mol. The van der Waals surface area contributed by atoms with Gasteiger partial charge in [-0.3, -0.25) is 0 Å². The Kier molecular flexibility index (Phi) is 3.96. The molecule has 2 aromatic rings. The average Bonchev–Trinajstić information content (AvgIpc) is 2.40. The molecule has 0 aromatic heterocycles. The molecule has 0 aliphatic rings. The molecule has 0 spiro atoms. The zero-order chi connectivity index (χ0) is 13.0. The van der Waals surface area contributed by atoms with E-state index in [-0.39, 0.29) is 4.90 Å². The minimum Gasteiger partial charge on any atom is -0.207 e. The van der Waals surface area contributed by atoms with Crippen molar-refractivity contribution in [3.05, 3.63) is 65.2 Å². The second-order valence-corrected chi connectivity index (χ2v) is 4.69. The van der Waals surface area contributed by atoms with Gasteiger partial charge in [-0.05, 0) is 35.9 Å². The van der Waals surface area contributed by atoms with Crippen LogP contribution in [0.2, 0.25) is 0 Å². The number of benzene rings is 2. The summed E-state index contributed by atoms with van der Waals surface area (Å²) in [7, 11) is 0. The second-order valence-electron chi connectivity index (χ2n) is 3.68. The fourth-order valence-corrected chi connectivity index (χ4v) is 2.38. The Morgan fingerprint density at radius 2 is 1.94 bits per heavy atom. The van der Waals surface area contributed by atoms with E-state index in [1.54, 1.807) is 18.2 Å². The molecule has 0 N–H and O–H groups in total. The van der Waals surface area contributed by atoms with Crippen molar-refractivity contribution in [2.45, 2.75) is 10.6 Å². The van der Waals surface area contributed by atoms with Crippen LogP contribution in [0, 0.1) is 23.0 Å². The van der Waals surface area contributed by atoms with Crippen LogP contribution in [0.5, 0.6) is 0 Å². The lowest BCUT2D eigenvalue weighted by molar-refractivity contribution is 0.577. The molecule has 0 unspecified atom stereocenters. The lowest BCUT2D eigenvalue weighted by atomic mass is 10.2. The van der Waals surface area contributed by atoms with E-state index in [1.807, 2.05) is 12.1 Å². The van der Waals surface area contributed by atoms with Crippen molar-refractivity contribution in [2.24, 2.45) is 0 Å². The van der Waals surface area contributed by atoms with E-state index < -0.39 is 11.6 Å². The van der Waals surface area contributed by atoms with Crippen LogP contribution in [-0.2, 0) is 5.75 Å². The minimum absolute atomic E-state index is 0.275. The lowest BCUT2D eigenvalue weighted by Crippen LogP contribution is -1.86. The maximum Gasteiger partial charge on any atom is 0.136 e. The molecule has 0 heterocycles. The molecule has 0 saturated carbocycles. The fraction of sp³-hybridized carbons (Fsp3) is 0.0714. The summed E-state index contributed by atoms with van der Waals surface area (Å²) >= 11 is 1.21. The summed E-state index contributed by atoms with van der Waals surface area (Å²) in [6.07, 6.45) is 0. The summed E-state index contributed by atoms with van der Waals surface area (Å²) < 4.78 is 26.3. The molecule has 0 amide bonds. The van der Waals surface area contributed by atoms with Crippen molar-refractivity contribution in [2.75, 3.05) is 0 Å². The average molecular weight is 261 g/mol. The van der Waals surface area contributed by atoms with E-state index >= 15 is 0 Å². The second kappa shape index (κ2) is 5.65. The van der Waals surface area contributed by atoms with Crippen molar-refractivity contribution >= 4 is 11.8 Å². The molecule has 0 saturated heterocycles. The Balaban J connectivity index is 2.11. The lowest BCUT2D eigenvalue weighted by Gasteiger charge is -2.04. The molecule has 0 aliphatic carbocycles. The predicted octanol–water partition coefficient (Wildman–Crippen LogP) is 4.13. The maximum atomic E-state index is 13.4. The largest absolute Gasteiger partial charge is 0.207 e. The van der Waals surface area contributed by atoms with Gasteiger partial charge < -0.3 is 0 Å². The molecule has 0 bridgehead atoms. The van der Waals surface area contributed by atoms with Crippen molar-refractivity contribution in [1.82, 2.24) is 0 Å². The molecule has 1 nitrogen and oxygen atoms in total. The first-order valence-electron chi connectivity index (χ1n) is 5.26. The summed E-state index contributed by atoms with van der Waals surface area (Å²) in [6.45, 7) is 0. The normalized spacial score (nSPS) is 10.1. The Morgan fingerprint density at radius 3 is 2.72 bits per heavy atom. The highest BCUT2D eigenvalue weighted by Gasteiger charge is 2.05. The first kappa shape index (κ1) is 12.6. The third-order valence-electron chi connectivity index (χ3n) is 2.34. The molecule has 0 radical (unpaired) electrons. The molecule has 0 aliphatic heterocycles. The topological polar surface area (TPSA) is 23.8 Å². The predicted molar refractivity (Wildman–Crippen MR) is 67.1 cm³/mol. The molecule has 0 atom stereocenters. The van der Waals surface area contributed by atoms with Gasteiger partial charge in [-0.1, -0.05) is 12.1 Å². The van der Waals surface area contributed by atoms with Crippen LogP contribution in [0.15, 0.2) is 47.4 Å². The van der Waals surface area contributed by atoms with Gasteiger partial charge >= 0.3 is 0 Å². The van der Waals surface area contributed by atoms with Crippen LogP contribution in [0.1, 0.15) is 11.1 Å². The molecule has 4 heteroatoms. The van der Waals surface area contributed by atoms with Crippen LogP contribution in [-0.4, -0.2) is 0 Å². The third kappa shape index (κ3) is 3.08. The number of nitriles is 1. The Hall–Kier alpha value is -1.86. The van der Waals surface area contributed by atoms with Gasteiger partial charge in [-0.25, -0.2) is 8.78 Å². The van der Waals surface area contributed by atoms with Crippen molar-refractivity contribution in [1.29, 1.82) is 5.26 Å². The highest BCUT2D eigenvalue weighted by Crippen LogP contribution is 2.26. The quantitative estimate of drug-likeness (QED) is 0.776. The van der Waals surface area contributed by atoms with E-state index in [4.69, 9.17) is 5.26 Å². The van der Waals surface area contributed by atoms with Crippen LogP contribution in [0.4, 0.5) is 8.78 Å². The number of rotatable bonds is 3. The summed E-state index contributed by atoms with van der Waals surface area (Å²) in [5.74, 6) is -0.391. The zero-order valence-electron chi connectivity index (χ0n) is 9.36. The minimum atomic E-state index is -0.454. The summed E-state index contributed by atoms with van der Waals surface area (Å²) in [5, 5.41) is 8.76. The summed E-state index contributed by atoms with van der Waals surface area (Å²) in [4.78, 5) is 0.275. The van der Waals surface area contributed by atoms with Crippen molar-refractivity contribution < 1.29 is 8.78 Å². The zero-order valence-corrected chi connectivity index (χ0v) is 10.2. The van der Waals surface area contributed by atoms with Gasteiger partial charge in [-0.2, -0.15) is 5.26 Å². The van der Waals surface area contributed by atoms with E-state index in [0.717, 1.165) is 17.7 Å². The van der Waals surface area contributed by atoms with E-state index in [1.165, 1.54) is 17.8 Å². The van der Waals surface area contributed by atoms with E-state index in [2.05, 4.69) is 0 Å². The van der Waals surface area contributed by atoms with Crippen molar-refractivity contribution in [3.8, 4) is 6.07 Å². The number of thioether (sulfide) groups is 1. The number of nitrogens with zero attached hydrogens (tertiary/aromatic N) is 1. The van der Waals surface area contributed by atoms with Gasteiger partial charge in [0.25, 0.3) is 0 Å². The summed E-state index contributed by atoms with van der Waals surface area (Å²) in [5.41, 5.74) is 1.47. The van der Waals surface area contributed by atoms with Gasteiger partial charge in [0.15, 0.2) is 0 Å². The molecular formula is C14H9F2NS. The van der Waals surface area contributed by atoms with Crippen molar-refractivity contribution in [3.63, 3.8) is 0 Å². The molecule has 90 valence electrons. The SMILES string of the molecule is N#Cc1cccc(CSc2cc(F)ccc2F)c1.